The summed E-state index contributed by atoms with van der Waals surface area (Å²) in [6.45, 7) is 5.51. The van der Waals surface area contributed by atoms with Crippen molar-refractivity contribution in [3.8, 4) is 5.75 Å². The van der Waals surface area contributed by atoms with Crippen molar-refractivity contribution >= 4 is 19.7 Å². The smallest absolute Gasteiger partial charge is 0.261 e. The summed E-state index contributed by atoms with van der Waals surface area (Å²) in [5.74, 6) is 1.54. The molecule has 1 heterocycles. The molecule has 0 atom stereocenters. The van der Waals surface area contributed by atoms with Crippen LogP contribution in [0, 0.1) is 13.8 Å². The first-order chi connectivity index (χ1) is 9.82. The molecular weight excluding hydrogens is 316 g/mol. The van der Waals surface area contributed by atoms with Gasteiger partial charge in [0.1, 0.15) is 5.75 Å². The van der Waals surface area contributed by atoms with Gasteiger partial charge in [0.25, 0.3) is 9.05 Å². The first kappa shape index (κ1) is 15.8. The second kappa shape index (κ2) is 6.03. The van der Waals surface area contributed by atoms with Crippen molar-refractivity contribution in [1.82, 2.24) is 10.1 Å². The predicted molar refractivity (Wildman–Crippen MR) is 77.0 cm³/mol. The maximum absolute atomic E-state index is 11.4. The number of aromatic nitrogens is 2. The third-order valence-corrected chi connectivity index (χ3v) is 4.59. The molecule has 21 heavy (non-hydrogen) atoms. The standard InChI is InChI=1S/C13H15ClN2O4S/c1-4-13-15-12(16-20-13)7-19-10-5-6-11(21(14,17)18)9(3)8(10)2/h5-6H,4,7H2,1-3H3. The van der Waals surface area contributed by atoms with Crippen LogP contribution < -0.4 is 4.74 Å². The van der Waals surface area contributed by atoms with Gasteiger partial charge in [-0.3, -0.25) is 0 Å². The van der Waals surface area contributed by atoms with Gasteiger partial charge in [0.05, 0.1) is 4.90 Å². The summed E-state index contributed by atoms with van der Waals surface area (Å²) in [5.41, 5.74) is 1.26. The van der Waals surface area contributed by atoms with Crippen LogP contribution in [0.15, 0.2) is 21.6 Å². The van der Waals surface area contributed by atoms with Gasteiger partial charge in [0.15, 0.2) is 6.61 Å². The Morgan fingerprint density at radius 2 is 2.00 bits per heavy atom. The average Bonchev–Trinajstić information content (AvgIpc) is 2.87. The molecule has 0 saturated heterocycles. The van der Waals surface area contributed by atoms with E-state index in [1.165, 1.54) is 6.07 Å². The molecule has 0 amide bonds. The van der Waals surface area contributed by atoms with Gasteiger partial charge >= 0.3 is 0 Å². The van der Waals surface area contributed by atoms with Crippen molar-refractivity contribution in [1.29, 1.82) is 0 Å². The summed E-state index contributed by atoms with van der Waals surface area (Å²) in [6, 6.07) is 2.99. The van der Waals surface area contributed by atoms with Crippen molar-refractivity contribution in [2.45, 2.75) is 38.7 Å². The predicted octanol–water partition coefficient (Wildman–Crippen LogP) is 2.76. The van der Waals surface area contributed by atoms with Crippen LogP contribution in [0.4, 0.5) is 0 Å². The van der Waals surface area contributed by atoms with Crippen LogP contribution in [0.2, 0.25) is 0 Å². The number of benzene rings is 1. The summed E-state index contributed by atoms with van der Waals surface area (Å²) in [6.07, 6.45) is 0.660. The normalized spacial score (nSPS) is 11.6. The van der Waals surface area contributed by atoms with E-state index in [-0.39, 0.29) is 11.5 Å². The minimum absolute atomic E-state index is 0.0850. The minimum Gasteiger partial charge on any atom is -0.485 e. The molecule has 0 aliphatic carbocycles. The first-order valence-corrected chi connectivity index (χ1v) is 8.63. The molecule has 0 spiro atoms. The second-order valence-electron chi connectivity index (χ2n) is 4.50. The lowest BCUT2D eigenvalue weighted by molar-refractivity contribution is 0.283. The molecule has 0 aliphatic heterocycles. The summed E-state index contributed by atoms with van der Waals surface area (Å²) < 4.78 is 33.4. The number of aryl methyl sites for hydroxylation is 1. The maximum atomic E-state index is 11.4. The van der Waals surface area contributed by atoms with Crippen LogP contribution in [0.1, 0.15) is 29.8 Å². The fourth-order valence-electron chi connectivity index (χ4n) is 1.83. The monoisotopic (exact) mass is 330 g/mol. The molecule has 0 fully saturated rings. The second-order valence-corrected chi connectivity index (χ2v) is 7.03. The molecule has 2 aromatic rings. The van der Waals surface area contributed by atoms with Gasteiger partial charge in [-0.15, -0.1) is 0 Å². The molecule has 0 aliphatic rings. The highest BCUT2D eigenvalue weighted by Crippen LogP contribution is 2.29. The van der Waals surface area contributed by atoms with E-state index in [0.717, 1.165) is 0 Å². The third-order valence-electron chi connectivity index (χ3n) is 3.12. The van der Waals surface area contributed by atoms with Gasteiger partial charge in [0.2, 0.25) is 11.7 Å². The number of rotatable bonds is 5. The van der Waals surface area contributed by atoms with Crippen LogP contribution in [-0.2, 0) is 22.1 Å². The molecule has 6 nitrogen and oxygen atoms in total. The lowest BCUT2D eigenvalue weighted by Crippen LogP contribution is -2.02. The van der Waals surface area contributed by atoms with Gasteiger partial charge < -0.3 is 9.26 Å². The Balaban J connectivity index is 2.20. The number of hydrogen-bond donors (Lipinski definition) is 0. The molecule has 114 valence electrons. The van der Waals surface area contributed by atoms with Crippen LogP contribution in [0.5, 0.6) is 5.75 Å². The largest absolute Gasteiger partial charge is 0.485 e. The zero-order chi connectivity index (χ0) is 15.6. The number of halogens is 1. The maximum Gasteiger partial charge on any atom is 0.261 e. The van der Waals surface area contributed by atoms with E-state index >= 15 is 0 Å². The van der Waals surface area contributed by atoms with E-state index in [0.29, 0.717) is 35.0 Å². The zero-order valence-electron chi connectivity index (χ0n) is 11.9. The topological polar surface area (TPSA) is 82.3 Å². The summed E-state index contributed by atoms with van der Waals surface area (Å²) in [7, 11) is 1.62. The lowest BCUT2D eigenvalue weighted by atomic mass is 10.1. The Kier molecular flexibility index (Phi) is 4.53. The van der Waals surface area contributed by atoms with Crippen molar-refractivity contribution in [3.63, 3.8) is 0 Å². The number of hydrogen-bond acceptors (Lipinski definition) is 6. The van der Waals surface area contributed by atoms with Crippen LogP contribution in [-0.4, -0.2) is 18.6 Å². The highest BCUT2D eigenvalue weighted by Gasteiger charge is 2.17. The van der Waals surface area contributed by atoms with Gasteiger partial charge in [0, 0.05) is 17.1 Å². The Hall–Kier alpha value is -1.60. The van der Waals surface area contributed by atoms with Gasteiger partial charge in [-0.2, -0.15) is 4.98 Å². The molecule has 8 heteroatoms. The minimum atomic E-state index is -3.76. The van der Waals surface area contributed by atoms with E-state index in [2.05, 4.69) is 10.1 Å². The highest BCUT2D eigenvalue weighted by molar-refractivity contribution is 8.13. The van der Waals surface area contributed by atoms with Crippen LogP contribution in [0.25, 0.3) is 0 Å². The molecule has 1 aromatic heterocycles. The summed E-state index contributed by atoms with van der Waals surface area (Å²) in [5, 5.41) is 3.78. The molecule has 0 radical (unpaired) electrons. The molecule has 0 bridgehead atoms. The number of nitrogens with zero attached hydrogens (tertiary/aromatic N) is 2. The quantitative estimate of drug-likeness (QED) is 0.784. The van der Waals surface area contributed by atoms with Crippen molar-refractivity contribution in [2.75, 3.05) is 0 Å². The molecule has 0 N–H and O–H groups in total. The van der Waals surface area contributed by atoms with Gasteiger partial charge in [-0.05, 0) is 37.1 Å². The van der Waals surface area contributed by atoms with Crippen molar-refractivity contribution in [2.24, 2.45) is 0 Å². The van der Waals surface area contributed by atoms with E-state index in [4.69, 9.17) is 19.9 Å². The van der Waals surface area contributed by atoms with Crippen molar-refractivity contribution < 1.29 is 17.7 Å². The fourth-order valence-corrected chi connectivity index (χ4v) is 3.08. The molecular formula is C13H15ClN2O4S. The number of ether oxygens (including phenoxy) is 1. The van der Waals surface area contributed by atoms with E-state index < -0.39 is 9.05 Å². The molecule has 0 unspecified atom stereocenters. The summed E-state index contributed by atoms with van der Waals surface area (Å²) >= 11 is 0. The Bertz CT molecular complexity index is 756. The Morgan fingerprint density at radius 3 is 2.57 bits per heavy atom. The van der Waals surface area contributed by atoms with Crippen molar-refractivity contribution in [3.05, 3.63) is 35.0 Å². The Morgan fingerprint density at radius 1 is 1.29 bits per heavy atom. The van der Waals surface area contributed by atoms with E-state index in [9.17, 15) is 8.42 Å². The van der Waals surface area contributed by atoms with Gasteiger partial charge in [-0.1, -0.05) is 12.1 Å². The molecule has 1 aromatic carbocycles. The third kappa shape index (κ3) is 3.54. The lowest BCUT2D eigenvalue weighted by Gasteiger charge is -2.11. The van der Waals surface area contributed by atoms with Gasteiger partial charge in [-0.25, -0.2) is 8.42 Å². The van der Waals surface area contributed by atoms with E-state index in [1.807, 2.05) is 6.92 Å². The average molecular weight is 331 g/mol. The zero-order valence-corrected chi connectivity index (χ0v) is 13.5. The SMILES string of the molecule is CCc1nc(COc2ccc(S(=O)(=O)Cl)c(C)c2C)no1. The molecule has 2 rings (SSSR count). The summed E-state index contributed by atoms with van der Waals surface area (Å²) in [4.78, 5) is 4.22. The van der Waals surface area contributed by atoms with Crippen LogP contribution >= 0.6 is 10.7 Å². The fraction of sp³-hybridized carbons (Fsp3) is 0.385. The molecule has 0 saturated carbocycles. The Labute approximate surface area is 127 Å². The van der Waals surface area contributed by atoms with Crippen LogP contribution in [0.3, 0.4) is 0 Å². The van der Waals surface area contributed by atoms with E-state index in [1.54, 1.807) is 19.9 Å². The highest BCUT2D eigenvalue weighted by atomic mass is 35.7. The first-order valence-electron chi connectivity index (χ1n) is 6.32.